The van der Waals surface area contributed by atoms with Gasteiger partial charge in [-0.25, -0.2) is 0 Å². The lowest BCUT2D eigenvalue weighted by atomic mass is 9.94. The van der Waals surface area contributed by atoms with Gasteiger partial charge < -0.3 is 9.53 Å². The fourth-order valence-electron chi connectivity index (χ4n) is 1.38. The molecule has 0 bridgehead atoms. The van der Waals surface area contributed by atoms with Gasteiger partial charge >= 0.3 is 0 Å². The molecule has 0 fully saturated rings. The maximum absolute atomic E-state index is 10.6. The quantitative estimate of drug-likeness (QED) is 0.708. The van der Waals surface area contributed by atoms with E-state index >= 15 is 0 Å². The summed E-state index contributed by atoms with van der Waals surface area (Å²) in [6, 6.07) is 7.99. The zero-order valence-electron chi connectivity index (χ0n) is 9.78. The molecule has 0 saturated heterocycles. The van der Waals surface area contributed by atoms with E-state index in [0.717, 1.165) is 17.4 Å². The molecule has 0 heterocycles. The van der Waals surface area contributed by atoms with Crippen LogP contribution in [-0.4, -0.2) is 13.4 Å². The number of hydrogen-bond acceptors (Lipinski definition) is 2. The molecular formula is C13H18O2. The largest absolute Gasteiger partial charge is 0.374 e. The lowest BCUT2D eigenvalue weighted by molar-refractivity contribution is -0.108. The first kappa shape index (κ1) is 11.9. The van der Waals surface area contributed by atoms with Crippen molar-refractivity contribution in [2.24, 2.45) is 0 Å². The van der Waals surface area contributed by atoms with Crippen LogP contribution in [0.5, 0.6) is 0 Å². The van der Waals surface area contributed by atoms with Gasteiger partial charge in [-0.2, -0.15) is 0 Å². The van der Waals surface area contributed by atoms with E-state index < -0.39 is 0 Å². The van der Waals surface area contributed by atoms with Crippen LogP contribution in [0.2, 0.25) is 0 Å². The van der Waals surface area contributed by atoms with Crippen molar-refractivity contribution < 1.29 is 9.53 Å². The molecule has 2 heteroatoms. The molecule has 0 N–H and O–H groups in total. The fourth-order valence-corrected chi connectivity index (χ4v) is 1.38. The molecule has 15 heavy (non-hydrogen) atoms. The van der Waals surface area contributed by atoms with Gasteiger partial charge in [0.2, 0.25) is 0 Å². The minimum atomic E-state index is -0.275. The number of benzene rings is 1. The van der Waals surface area contributed by atoms with E-state index in [0.29, 0.717) is 0 Å². The summed E-state index contributed by atoms with van der Waals surface area (Å²) in [5, 5.41) is 0. The average molecular weight is 206 g/mol. The second-order valence-corrected chi connectivity index (χ2v) is 4.26. The van der Waals surface area contributed by atoms with Gasteiger partial charge in [0.15, 0.2) is 0 Å². The molecule has 1 rings (SSSR count). The molecular weight excluding hydrogens is 188 g/mol. The highest BCUT2D eigenvalue weighted by Crippen LogP contribution is 2.25. The highest BCUT2D eigenvalue weighted by Gasteiger charge is 2.19. The van der Waals surface area contributed by atoms with Crippen molar-refractivity contribution in [3.8, 4) is 0 Å². The Morgan fingerprint density at radius 2 is 1.80 bits per heavy atom. The molecule has 0 aliphatic carbocycles. The lowest BCUT2D eigenvalue weighted by Crippen LogP contribution is -2.19. The summed E-state index contributed by atoms with van der Waals surface area (Å²) in [6.45, 7) is 5.93. The predicted octanol–water partition coefficient (Wildman–Crippen LogP) is 2.87. The Morgan fingerprint density at radius 1 is 1.27 bits per heavy atom. The van der Waals surface area contributed by atoms with Crippen LogP contribution in [0.4, 0.5) is 0 Å². The summed E-state index contributed by atoms with van der Waals surface area (Å²) in [6.07, 6.45) is 0.955. The molecule has 2 nitrogen and oxygen atoms in total. The molecule has 82 valence electrons. The van der Waals surface area contributed by atoms with E-state index in [1.54, 1.807) is 7.11 Å². The third kappa shape index (κ3) is 2.66. The van der Waals surface area contributed by atoms with E-state index in [1.807, 2.05) is 45.0 Å². The Labute approximate surface area is 91.3 Å². The minimum absolute atomic E-state index is 0.0373. The van der Waals surface area contributed by atoms with Crippen molar-refractivity contribution in [1.29, 1.82) is 0 Å². The number of rotatable bonds is 4. The van der Waals surface area contributed by atoms with Gasteiger partial charge in [-0.1, -0.05) is 31.2 Å². The number of aldehydes is 1. The van der Waals surface area contributed by atoms with Crippen molar-refractivity contribution in [2.45, 2.75) is 32.3 Å². The van der Waals surface area contributed by atoms with Crippen LogP contribution in [0.25, 0.3) is 0 Å². The molecule has 1 atom stereocenters. The summed E-state index contributed by atoms with van der Waals surface area (Å²) in [4.78, 5) is 10.6. The van der Waals surface area contributed by atoms with E-state index in [2.05, 4.69) is 0 Å². The molecule has 0 saturated carbocycles. The fraction of sp³-hybridized carbons (Fsp3) is 0.462. The summed E-state index contributed by atoms with van der Waals surface area (Å²) < 4.78 is 5.38. The lowest BCUT2D eigenvalue weighted by Gasteiger charge is -2.23. The van der Waals surface area contributed by atoms with Crippen molar-refractivity contribution in [3.05, 3.63) is 35.4 Å². The number of methoxy groups -OCH3 is 1. The van der Waals surface area contributed by atoms with Crippen molar-refractivity contribution in [2.75, 3.05) is 7.11 Å². The molecule has 1 aromatic carbocycles. The standard InChI is InChI=1S/C13H18O2/c1-10(9-14)11-5-7-12(8-6-11)13(2,3)15-4/h5-10H,1-4H3. The number of hydrogen-bond donors (Lipinski definition) is 0. The Kier molecular flexibility index (Phi) is 3.64. The van der Waals surface area contributed by atoms with Crippen molar-refractivity contribution in [1.82, 2.24) is 0 Å². The van der Waals surface area contributed by atoms with E-state index in [1.165, 1.54) is 0 Å². The Bertz CT molecular complexity index is 325. The van der Waals surface area contributed by atoms with Gasteiger partial charge in [0.25, 0.3) is 0 Å². The van der Waals surface area contributed by atoms with Crippen LogP contribution in [0, 0.1) is 0 Å². The predicted molar refractivity (Wildman–Crippen MR) is 61.0 cm³/mol. The first-order chi connectivity index (χ1) is 7.01. The van der Waals surface area contributed by atoms with Gasteiger partial charge in [0.1, 0.15) is 6.29 Å². The monoisotopic (exact) mass is 206 g/mol. The topological polar surface area (TPSA) is 26.3 Å². The molecule has 0 aliphatic heterocycles. The molecule has 1 aromatic rings. The van der Waals surface area contributed by atoms with Crippen LogP contribution in [0.3, 0.4) is 0 Å². The van der Waals surface area contributed by atoms with Gasteiger partial charge in [-0.15, -0.1) is 0 Å². The van der Waals surface area contributed by atoms with Gasteiger partial charge in [0.05, 0.1) is 5.60 Å². The normalized spacial score (nSPS) is 13.6. The SMILES string of the molecule is COC(C)(C)c1ccc(C(C)C=O)cc1. The Morgan fingerprint density at radius 3 is 2.20 bits per heavy atom. The van der Waals surface area contributed by atoms with Crippen LogP contribution >= 0.6 is 0 Å². The highest BCUT2D eigenvalue weighted by molar-refractivity contribution is 5.61. The summed E-state index contributed by atoms with van der Waals surface area (Å²) >= 11 is 0. The molecule has 0 radical (unpaired) electrons. The molecule has 0 amide bonds. The maximum Gasteiger partial charge on any atom is 0.127 e. The molecule has 0 spiro atoms. The van der Waals surface area contributed by atoms with Gasteiger partial charge in [-0.05, 0) is 25.0 Å². The van der Waals surface area contributed by atoms with Crippen LogP contribution in [-0.2, 0) is 15.1 Å². The molecule has 1 unspecified atom stereocenters. The van der Waals surface area contributed by atoms with Crippen molar-refractivity contribution in [3.63, 3.8) is 0 Å². The number of ether oxygens (including phenoxy) is 1. The summed E-state index contributed by atoms with van der Waals surface area (Å²) in [5.74, 6) is -0.0373. The van der Waals surface area contributed by atoms with Crippen molar-refractivity contribution >= 4 is 6.29 Å². The first-order valence-corrected chi connectivity index (χ1v) is 5.12. The second-order valence-electron chi connectivity index (χ2n) is 4.26. The zero-order chi connectivity index (χ0) is 11.5. The average Bonchev–Trinajstić information content (AvgIpc) is 2.28. The Hall–Kier alpha value is -1.15. The van der Waals surface area contributed by atoms with E-state index in [9.17, 15) is 4.79 Å². The summed E-state index contributed by atoms with van der Waals surface area (Å²) in [5.41, 5.74) is 1.88. The maximum atomic E-state index is 10.6. The third-order valence-corrected chi connectivity index (χ3v) is 2.85. The van der Waals surface area contributed by atoms with Gasteiger partial charge in [0, 0.05) is 13.0 Å². The smallest absolute Gasteiger partial charge is 0.127 e. The van der Waals surface area contributed by atoms with Crippen LogP contribution in [0.1, 0.15) is 37.8 Å². The zero-order valence-corrected chi connectivity index (χ0v) is 9.78. The minimum Gasteiger partial charge on any atom is -0.374 e. The molecule has 0 aromatic heterocycles. The van der Waals surface area contributed by atoms with Gasteiger partial charge in [-0.3, -0.25) is 0 Å². The first-order valence-electron chi connectivity index (χ1n) is 5.12. The number of carbonyl (C=O) groups excluding carboxylic acids is 1. The summed E-state index contributed by atoms with van der Waals surface area (Å²) in [7, 11) is 1.70. The van der Waals surface area contributed by atoms with E-state index in [4.69, 9.17) is 4.74 Å². The third-order valence-electron chi connectivity index (χ3n) is 2.85. The molecule has 0 aliphatic rings. The van der Waals surface area contributed by atoms with Crippen LogP contribution < -0.4 is 0 Å². The second kappa shape index (κ2) is 4.58. The number of carbonyl (C=O) groups is 1. The Balaban J connectivity index is 2.95. The highest BCUT2D eigenvalue weighted by atomic mass is 16.5. The van der Waals surface area contributed by atoms with E-state index in [-0.39, 0.29) is 11.5 Å². The van der Waals surface area contributed by atoms with Crippen LogP contribution in [0.15, 0.2) is 24.3 Å².